The number of carbonyl (C=O) groups is 1. The number of anilines is 1. The van der Waals surface area contributed by atoms with Crippen LogP contribution in [0, 0.1) is 6.92 Å². The normalized spacial score (nSPS) is 13.4. The Balaban J connectivity index is 2.22. The second-order valence-corrected chi connectivity index (χ2v) is 6.13. The summed E-state index contributed by atoms with van der Waals surface area (Å²) in [6, 6.07) is 4.82. The summed E-state index contributed by atoms with van der Waals surface area (Å²) in [4.78, 5) is 11.3. The molecule has 0 aliphatic carbocycles. The average molecular weight is 451 g/mol. The molecular weight excluding hydrogens is 440 g/mol. The van der Waals surface area contributed by atoms with Gasteiger partial charge in [0.05, 0.1) is 12.1 Å². The molecule has 0 radical (unpaired) electrons. The second-order valence-electron chi connectivity index (χ2n) is 6.13. The van der Waals surface area contributed by atoms with E-state index in [0.717, 1.165) is 34.3 Å². The van der Waals surface area contributed by atoms with E-state index in [1.807, 2.05) is 0 Å². The smallest absolute Gasteiger partial charge is 0.304 e. The minimum absolute atomic E-state index is 0.0721. The quantitative estimate of drug-likeness (QED) is 0.649. The van der Waals surface area contributed by atoms with Crippen LogP contribution in [-0.2, 0) is 17.5 Å². The number of amides is 1. The lowest BCUT2D eigenvalue weighted by atomic mass is 10.1. The maximum absolute atomic E-state index is 13.4. The zero-order valence-corrected chi connectivity index (χ0v) is 14.7. The highest BCUT2D eigenvalue weighted by molar-refractivity contribution is 5.96. The van der Waals surface area contributed by atoms with Gasteiger partial charge in [-0.3, -0.25) is 9.48 Å². The Morgan fingerprint density at radius 2 is 1.60 bits per heavy atom. The maximum atomic E-state index is 13.4. The molecule has 0 saturated heterocycles. The van der Waals surface area contributed by atoms with Gasteiger partial charge in [0.15, 0.2) is 5.82 Å². The number of aromatic nitrogens is 2. The summed E-state index contributed by atoms with van der Waals surface area (Å²) < 4.78 is 128. The number of alkyl halides is 10. The standard InChI is InChI=1S/C16H11F10N3O/c1-8-5-11(27-12(30)13(17,18)15(22,23)16(24,25)26)28-29(8)7-9-3-2-4-10(6-9)14(19,20)21/h2-6H,7H2,1H3,(H,27,28,30). The van der Waals surface area contributed by atoms with Crippen LogP contribution in [0.4, 0.5) is 49.7 Å². The van der Waals surface area contributed by atoms with Crippen molar-refractivity contribution in [2.75, 3.05) is 5.32 Å². The van der Waals surface area contributed by atoms with Crippen LogP contribution in [0.1, 0.15) is 16.8 Å². The van der Waals surface area contributed by atoms with Gasteiger partial charge in [0.2, 0.25) is 0 Å². The van der Waals surface area contributed by atoms with Crippen molar-refractivity contribution in [1.29, 1.82) is 0 Å². The Kier molecular flexibility index (Phi) is 5.84. The van der Waals surface area contributed by atoms with E-state index in [2.05, 4.69) is 5.10 Å². The van der Waals surface area contributed by atoms with Crippen LogP contribution < -0.4 is 5.32 Å². The molecular formula is C16H11F10N3O. The number of aryl methyl sites for hydroxylation is 1. The van der Waals surface area contributed by atoms with E-state index in [4.69, 9.17) is 0 Å². The van der Waals surface area contributed by atoms with Crippen molar-refractivity contribution >= 4 is 11.7 Å². The van der Waals surface area contributed by atoms with Gasteiger partial charge >= 0.3 is 30.1 Å². The van der Waals surface area contributed by atoms with E-state index in [-0.39, 0.29) is 17.8 Å². The number of hydrogen-bond donors (Lipinski definition) is 1. The Hall–Kier alpha value is -2.80. The van der Waals surface area contributed by atoms with Gasteiger partial charge in [-0.1, -0.05) is 12.1 Å². The molecule has 1 aromatic carbocycles. The number of benzene rings is 1. The lowest BCUT2D eigenvalue weighted by Gasteiger charge is -2.26. The van der Waals surface area contributed by atoms with E-state index in [1.54, 1.807) is 0 Å². The fraction of sp³-hybridized carbons (Fsp3) is 0.375. The minimum Gasteiger partial charge on any atom is -0.304 e. The molecule has 0 bridgehead atoms. The molecule has 30 heavy (non-hydrogen) atoms. The largest absolute Gasteiger partial charge is 0.460 e. The highest BCUT2D eigenvalue weighted by Crippen LogP contribution is 2.46. The Morgan fingerprint density at radius 3 is 2.13 bits per heavy atom. The van der Waals surface area contributed by atoms with Crippen LogP contribution in [-0.4, -0.2) is 33.7 Å². The molecule has 0 unspecified atom stereocenters. The monoisotopic (exact) mass is 451 g/mol. The summed E-state index contributed by atoms with van der Waals surface area (Å²) in [5.41, 5.74) is -0.816. The third kappa shape index (κ3) is 4.51. The van der Waals surface area contributed by atoms with Crippen molar-refractivity contribution in [3.05, 3.63) is 47.2 Å². The summed E-state index contributed by atoms with van der Waals surface area (Å²) in [6.45, 7) is 0.958. The molecule has 1 heterocycles. The molecule has 2 aromatic rings. The van der Waals surface area contributed by atoms with Crippen LogP contribution in [0.25, 0.3) is 0 Å². The van der Waals surface area contributed by atoms with Gasteiger partial charge in [-0.2, -0.15) is 49.0 Å². The zero-order chi connectivity index (χ0) is 23.1. The van der Waals surface area contributed by atoms with E-state index >= 15 is 0 Å². The summed E-state index contributed by atoms with van der Waals surface area (Å²) in [5, 5.41) is 4.70. The van der Waals surface area contributed by atoms with Crippen molar-refractivity contribution in [2.24, 2.45) is 0 Å². The van der Waals surface area contributed by atoms with Crippen molar-refractivity contribution in [2.45, 2.75) is 37.7 Å². The molecule has 1 amide bonds. The zero-order valence-electron chi connectivity index (χ0n) is 14.7. The topological polar surface area (TPSA) is 46.9 Å². The number of nitrogens with one attached hydrogen (secondary N) is 1. The average Bonchev–Trinajstić information content (AvgIpc) is 2.92. The number of hydrogen-bond acceptors (Lipinski definition) is 2. The first-order valence-electron chi connectivity index (χ1n) is 7.81. The van der Waals surface area contributed by atoms with Gasteiger partial charge in [0.1, 0.15) is 0 Å². The number of rotatable bonds is 5. The van der Waals surface area contributed by atoms with Gasteiger partial charge in [-0.05, 0) is 24.6 Å². The van der Waals surface area contributed by atoms with Crippen LogP contribution in [0.5, 0.6) is 0 Å². The van der Waals surface area contributed by atoms with Gasteiger partial charge in [-0.15, -0.1) is 0 Å². The minimum atomic E-state index is -6.69. The lowest BCUT2D eigenvalue weighted by molar-refractivity contribution is -0.343. The first kappa shape index (κ1) is 23.5. The molecule has 0 fully saturated rings. The Bertz CT molecular complexity index is 930. The summed E-state index contributed by atoms with van der Waals surface area (Å²) in [6.07, 6.45) is -11.3. The number of halogens is 10. The first-order valence-corrected chi connectivity index (χ1v) is 7.81. The van der Waals surface area contributed by atoms with Crippen LogP contribution in [0.2, 0.25) is 0 Å². The van der Waals surface area contributed by atoms with E-state index in [0.29, 0.717) is 0 Å². The number of nitrogens with zero attached hydrogens (tertiary/aromatic N) is 2. The van der Waals surface area contributed by atoms with E-state index in [1.165, 1.54) is 13.0 Å². The van der Waals surface area contributed by atoms with Crippen molar-refractivity contribution in [3.8, 4) is 0 Å². The molecule has 166 valence electrons. The molecule has 0 spiro atoms. The predicted octanol–water partition coefficient (Wildman–Crippen LogP) is 5.03. The third-order valence-corrected chi connectivity index (χ3v) is 3.84. The highest BCUT2D eigenvalue weighted by Gasteiger charge is 2.76. The second kappa shape index (κ2) is 7.47. The van der Waals surface area contributed by atoms with Gasteiger partial charge < -0.3 is 5.32 Å². The van der Waals surface area contributed by atoms with Crippen molar-refractivity contribution in [1.82, 2.24) is 9.78 Å². The van der Waals surface area contributed by atoms with Crippen LogP contribution in [0.15, 0.2) is 30.3 Å². The number of carbonyl (C=O) groups excluding carboxylic acids is 1. The lowest BCUT2D eigenvalue weighted by Crippen LogP contribution is -2.57. The van der Waals surface area contributed by atoms with Gasteiger partial charge in [0.25, 0.3) is 0 Å². The van der Waals surface area contributed by atoms with Gasteiger partial charge in [0, 0.05) is 11.8 Å². The third-order valence-electron chi connectivity index (χ3n) is 3.84. The van der Waals surface area contributed by atoms with E-state index < -0.39 is 41.5 Å². The Labute approximate surface area is 161 Å². The molecule has 4 nitrogen and oxygen atoms in total. The highest BCUT2D eigenvalue weighted by atomic mass is 19.4. The fourth-order valence-electron chi connectivity index (χ4n) is 2.27. The van der Waals surface area contributed by atoms with Crippen molar-refractivity contribution < 1.29 is 48.7 Å². The first-order chi connectivity index (χ1) is 13.5. The molecule has 2 rings (SSSR count). The predicted molar refractivity (Wildman–Crippen MR) is 82.1 cm³/mol. The fourth-order valence-corrected chi connectivity index (χ4v) is 2.27. The SMILES string of the molecule is Cc1cc(NC(=O)C(F)(F)C(F)(F)C(F)(F)F)nn1Cc1cccc(C(F)(F)F)c1. The molecule has 0 atom stereocenters. The van der Waals surface area contributed by atoms with E-state index in [9.17, 15) is 48.7 Å². The van der Waals surface area contributed by atoms with Crippen LogP contribution in [0.3, 0.4) is 0 Å². The summed E-state index contributed by atoms with van der Waals surface area (Å²) in [7, 11) is 0. The molecule has 0 aliphatic heterocycles. The summed E-state index contributed by atoms with van der Waals surface area (Å²) >= 11 is 0. The molecule has 14 heteroatoms. The Morgan fingerprint density at radius 1 is 1.00 bits per heavy atom. The molecule has 0 saturated carbocycles. The summed E-state index contributed by atoms with van der Waals surface area (Å²) in [5.74, 6) is -16.5. The maximum Gasteiger partial charge on any atom is 0.460 e. The van der Waals surface area contributed by atoms with Crippen molar-refractivity contribution in [3.63, 3.8) is 0 Å². The van der Waals surface area contributed by atoms with Gasteiger partial charge in [-0.25, -0.2) is 0 Å². The molecule has 0 aliphatic rings. The van der Waals surface area contributed by atoms with Crippen LogP contribution >= 0.6 is 0 Å². The molecule has 1 N–H and O–H groups in total. The molecule has 1 aromatic heterocycles.